The van der Waals surface area contributed by atoms with E-state index in [1.165, 1.54) is 6.92 Å². The van der Waals surface area contributed by atoms with E-state index in [4.69, 9.17) is 37.4 Å². The van der Waals surface area contributed by atoms with Crippen LogP contribution in [0.15, 0.2) is 61.2 Å². The number of halogens is 2. The Kier molecular flexibility index (Phi) is 6.48. The third kappa shape index (κ3) is 5.19. The van der Waals surface area contributed by atoms with Gasteiger partial charge in [0.15, 0.2) is 0 Å². The molecule has 1 N–H and O–H groups in total. The Morgan fingerprint density at radius 2 is 2.19 bits per heavy atom. The maximum absolute atomic E-state index is 11.3. The van der Waals surface area contributed by atoms with Gasteiger partial charge in [-0.2, -0.15) is 0 Å². The number of benzene rings is 2. The van der Waals surface area contributed by atoms with Gasteiger partial charge in [-0.15, -0.1) is 0 Å². The predicted octanol–water partition coefficient (Wildman–Crippen LogP) is 4.50. The fourth-order valence-electron chi connectivity index (χ4n) is 3.43. The average molecular weight is 462 g/mol. The van der Waals surface area contributed by atoms with E-state index in [2.05, 4.69) is 10.3 Å². The van der Waals surface area contributed by atoms with Crippen molar-refractivity contribution in [1.29, 1.82) is 0 Å². The number of hydrogen-bond acceptors (Lipinski definition) is 5. The molecule has 1 saturated heterocycles. The van der Waals surface area contributed by atoms with Gasteiger partial charge in [-0.05, 0) is 24.3 Å². The van der Waals surface area contributed by atoms with E-state index in [9.17, 15) is 4.79 Å². The summed E-state index contributed by atoms with van der Waals surface area (Å²) >= 11 is 12.6. The SMILES string of the molecule is CC(=O)Nc1cccc(OC[C@@H]2CO[C@@](Cn3ccnc3)(c3ccc(Cl)cc3Cl)O2)c1. The summed E-state index contributed by atoms with van der Waals surface area (Å²) in [5, 5.41) is 3.72. The molecule has 1 aliphatic heterocycles. The molecule has 31 heavy (non-hydrogen) atoms. The van der Waals surface area contributed by atoms with Crippen molar-refractivity contribution >= 4 is 34.8 Å². The Balaban J connectivity index is 1.50. The van der Waals surface area contributed by atoms with Crippen molar-refractivity contribution in [2.75, 3.05) is 18.5 Å². The summed E-state index contributed by atoms with van der Waals surface area (Å²) in [6.45, 7) is 2.40. The zero-order valence-corrected chi connectivity index (χ0v) is 18.3. The minimum absolute atomic E-state index is 0.145. The van der Waals surface area contributed by atoms with Crippen LogP contribution >= 0.6 is 23.2 Å². The molecule has 162 valence electrons. The predicted molar refractivity (Wildman–Crippen MR) is 117 cm³/mol. The van der Waals surface area contributed by atoms with Crippen LogP contribution in [0.3, 0.4) is 0 Å². The highest BCUT2D eigenvalue weighted by molar-refractivity contribution is 6.35. The van der Waals surface area contributed by atoms with E-state index in [1.54, 1.807) is 36.8 Å². The fraction of sp³-hybridized carbons (Fsp3) is 0.273. The number of aromatic nitrogens is 2. The Bertz CT molecular complexity index is 1060. The van der Waals surface area contributed by atoms with Gasteiger partial charge in [0.1, 0.15) is 18.5 Å². The zero-order chi connectivity index (χ0) is 21.8. The van der Waals surface area contributed by atoms with Crippen LogP contribution < -0.4 is 10.1 Å². The molecule has 1 fully saturated rings. The van der Waals surface area contributed by atoms with Crippen molar-refractivity contribution in [1.82, 2.24) is 9.55 Å². The number of imidazole rings is 1. The van der Waals surface area contributed by atoms with Crippen LogP contribution in [-0.2, 0) is 26.6 Å². The molecule has 7 nitrogen and oxygen atoms in total. The molecule has 0 aliphatic carbocycles. The molecule has 0 spiro atoms. The minimum Gasteiger partial charge on any atom is -0.491 e. The Labute approximate surface area is 189 Å². The summed E-state index contributed by atoms with van der Waals surface area (Å²) < 4.78 is 20.3. The van der Waals surface area contributed by atoms with Crippen molar-refractivity contribution in [3.63, 3.8) is 0 Å². The second-order valence-electron chi connectivity index (χ2n) is 7.18. The molecule has 3 aromatic rings. The Hall–Kier alpha value is -2.58. The van der Waals surface area contributed by atoms with E-state index in [1.807, 2.05) is 29.0 Å². The number of amides is 1. The van der Waals surface area contributed by atoms with E-state index in [0.717, 1.165) is 0 Å². The Morgan fingerprint density at radius 1 is 1.32 bits per heavy atom. The van der Waals surface area contributed by atoms with Gasteiger partial charge in [-0.1, -0.05) is 35.3 Å². The van der Waals surface area contributed by atoms with Crippen molar-refractivity contribution in [2.24, 2.45) is 0 Å². The molecular formula is C22H21Cl2N3O4. The Morgan fingerprint density at radius 3 is 2.94 bits per heavy atom. The van der Waals surface area contributed by atoms with Crippen LogP contribution in [0.1, 0.15) is 12.5 Å². The summed E-state index contributed by atoms with van der Waals surface area (Å²) in [5.74, 6) is -0.630. The van der Waals surface area contributed by atoms with Crippen LogP contribution in [0.25, 0.3) is 0 Å². The number of carbonyl (C=O) groups excluding carboxylic acids is 1. The van der Waals surface area contributed by atoms with Gasteiger partial charge >= 0.3 is 0 Å². The largest absolute Gasteiger partial charge is 0.491 e. The van der Waals surface area contributed by atoms with Gasteiger partial charge in [0.05, 0.1) is 24.5 Å². The molecule has 2 atom stereocenters. The van der Waals surface area contributed by atoms with Crippen LogP contribution in [0.5, 0.6) is 5.75 Å². The number of carbonyl (C=O) groups is 1. The monoisotopic (exact) mass is 461 g/mol. The summed E-state index contributed by atoms with van der Waals surface area (Å²) in [4.78, 5) is 15.4. The van der Waals surface area contributed by atoms with Gasteiger partial charge < -0.3 is 24.1 Å². The smallest absolute Gasteiger partial charge is 0.221 e. The lowest BCUT2D eigenvalue weighted by atomic mass is 10.1. The number of nitrogens with zero attached hydrogens (tertiary/aromatic N) is 2. The quantitative estimate of drug-likeness (QED) is 0.560. The van der Waals surface area contributed by atoms with Gasteiger partial charge in [0.25, 0.3) is 0 Å². The molecule has 1 aromatic heterocycles. The van der Waals surface area contributed by atoms with Crippen LogP contribution in [0, 0.1) is 0 Å². The van der Waals surface area contributed by atoms with Crippen LogP contribution in [0.2, 0.25) is 10.0 Å². The molecule has 1 aliphatic rings. The topological polar surface area (TPSA) is 74.6 Å². The molecule has 4 rings (SSSR count). The number of hydrogen-bond donors (Lipinski definition) is 1. The third-order valence-corrected chi connectivity index (χ3v) is 5.29. The van der Waals surface area contributed by atoms with Crippen LogP contribution in [0.4, 0.5) is 5.69 Å². The molecule has 2 heterocycles. The molecule has 2 aromatic carbocycles. The maximum Gasteiger partial charge on any atom is 0.221 e. The number of ether oxygens (including phenoxy) is 3. The van der Waals surface area contributed by atoms with Gasteiger partial charge in [0, 0.05) is 41.7 Å². The first-order valence-electron chi connectivity index (χ1n) is 9.67. The summed E-state index contributed by atoms with van der Waals surface area (Å²) in [5.41, 5.74) is 1.35. The molecule has 9 heteroatoms. The highest BCUT2D eigenvalue weighted by atomic mass is 35.5. The summed E-state index contributed by atoms with van der Waals surface area (Å²) in [6, 6.07) is 12.4. The minimum atomic E-state index is -1.10. The second kappa shape index (κ2) is 9.28. The van der Waals surface area contributed by atoms with Crippen LogP contribution in [-0.4, -0.2) is 34.8 Å². The lowest BCUT2D eigenvalue weighted by molar-refractivity contribution is -0.189. The van der Waals surface area contributed by atoms with Gasteiger partial charge in [-0.3, -0.25) is 4.79 Å². The van der Waals surface area contributed by atoms with Gasteiger partial charge in [0.2, 0.25) is 11.7 Å². The van der Waals surface area contributed by atoms with E-state index in [-0.39, 0.29) is 18.6 Å². The molecule has 0 radical (unpaired) electrons. The van der Waals surface area contributed by atoms with E-state index >= 15 is 0 Å². The normalized spacial score (nSPS) is 20.5. The maximum atomic E-state index is 11.3. The molecule has 0 bridgehead atoms. The number of nitrogens with one attached hydrogen (secondary N) is 1. The number of anilines is 1. The second-order valence-corrected chi connectivity index (χ2v) is 8.03. The summed E-state index contributed by atoms with van der Waals surface area (Å²) in [7, 11) is 0. The third-order valence-electron chi connectivity index (χ3n) is 4.74. The molecule has 1 amide bonds. The summed E-state index contributed by atoms with van der Waals surface area (Å²) in [6.07, 6.45) is 4.87. The first-order chi connectivity index (χ1) is 14.9. The number of rotatable bonds is 7. The van der Waals surface area contributed by atoms with Crippen molar-refractivity contribution < 1.29 is 19.0 Å². The standard InChI is InChI=1S/C22H21Cl2N3O4/c1-15(28)26-17-3-2-4-18(10-17)29-11-19-12-30-22(31-19,13-27-8-7-25-14-27)20-6-5-16(23)9-21(20)24/h2-10,14,19H,11-13H2,1H3,(H,26,28)/t19-,22-/m1/s1. The lowest BCUT2D eigenvalue weighted by Gasteiger charge is -2.30. The average Bonchev–Trinajstić information content (AvgIpc) is 3.37. The van der Waals surface area contributed by atoms with Crippen molar-refractivity contribution in [3.05, 3.63) is 76.8 Å². The highest BCUT2D eigenvalue weighted by Crippen LogP contribution is 2.40. The first-order valence-corrected chi connectivity index (χ1v) is 10.4. The van der Waals surface area contributed by atoms with Crippen molar-refractivity contribution in [3.8, 4) is 5.75 Å². The zero-order valence-electron chi connectivity index (χ0n) is 16.8. The molecule has 0 unspecified atom stereocenters. The van der Waals surface area contributed by atoms with E-state index in [0.29, 0.717) is 40.2 Å². The van der Waals surface area contributed by atoms with E-state index < -0.39 is 5.79 Å². The fourth-order valence-corrected chi connectivity index (χ4v) is 3.98. The molecular weight excluding hydrogens is 441 g/mol. The van der Waals surface area contributed by atoms with Gasteiger partial charge in [-0.25, -0.2) is 4.98 Å². The molecule has 0 saturated carbocycles. The first kappa shape index (κ1) is 21.6. The van der Waals surface area contributed by atoms with Crippen molar-refractivity contribution in [2.45, 2.75) is 25.4 Å². The highest BCUT2D eigenvalue weighted by Gasteiger charge is 2.45. The lowest BCUT2D eigenvalue weighted by Crippen LogP contribution is -2.34.